The summed E-state index contributed by atoms with van der Waals surface area (Å²) in [5, 5.41) is 17.0. The summed E-state index contributed by atoms with van der Waals surface area (Å²) in [6, 6.07) is 0. The maximum Gasteiger partial charge on any atom is 0.0833 e. The number of rotatable bonds is 0. The molecule has 0 amide bonds. The van der Waals surface area contributed by atoms with Crippen molar-refractivity contribution in [2.24, 2.45) is 5.92 Å². The van der Waals surface area contributed by atoms with Gasteiger partial charge in [-0.1, -0.05) is 12.2 Å². The molecular weight excluding hydrogens is 140 g/mol. The standard InChI is InChI=1S/C7H10O.C2H6O/c8-7-3-1-6(5-7)2-4-7;1-2-3/h1,3,6,8H,2,4-5H2;3H,2H2,1H3. The predicted octanol–water partition coefficient (Wildman–Crippen LogP) is 1.09. The van der Waals surface area contributed by atoms with Gasteiger partial charge in [0.05, 0.1) is 5.60 Å². The van der Waals surface area contributed by atoms with Gasteiger partial charge in [0.25, 0.3) is 0 Å². The molecule has 0 spiro atoms. The second kappa shape index (κ2) is 3.37. The smallest absolute Gasteiger partial charge is 0.0833 e. The summed E-state index contributed by atoms with van der Waals surface area (Å²) in [7, 11) is 0. The van der Waals surface area contributed by atoms with Crippen LogP contribution in [0.5, 0.6) is 0 Å². The molecule has 0 aliphatic heterocycles. The zero-order valence-electron chi connectivity index (χ0n) is 6.95. The van der Waals surface area contributed by atoms with Gasteiger partial charge in [-0.3, -0.25) is 0 Å². The van der Waals surface area contributed by atoms with Crippen LogP contribution >= 0.6 is 0 Å². The third-order valence-electron chi connectivity index (χ3n) is 2.24. The van der Waals surface area contributed by atoms with Crippen molar-refractivity contribution < 1.29 is 10.2 Å². The molecule has 2 atom stereocenters. The van der Waals surface area contributed by atoms with Gasteiger partial charge in [0.2, 0.25) is 0 Å². The van der Waals surface area contributed by atoms with E-state index in [1.807, 2.05) is 6.08 Å². The number of aliphatic hydroxyl groups excluding tert-OH is 1. The minimum Gasteiger partial charge on any atom is -0.397 e. The van der Waals surface area contributed by atoms with Gasteiger partial charge in [0.1, 0.15) is 0 Å². The molecule has 0 radical (unpaired) electrons. The first-order valence-electron chi connectivity index (χ1n) is 4.23. The first kappa shape index (κ1) is 8.75. The van der Waals surface area contributed by atoms with Crippen molar-refractivity contribution in [1.29, 1.82) is 0 Å². The fraction of sp³-hybridized carbons (Fsp3) is 0.778. The van der Waals surface area contributed by atoms with E-state index in [1.54, 1.807) is 6.92 Å². The first-order valence-corrected chi connectivity index (χ1v) is 4.23. The van der Waals surface area contributed by atoms with E-state index >= 15 is 0 Å². The first-order chi connectivity index (χ1) is 5.20. The maximum atomic E-state index is 9.45. The van der Waals surface area contributed by atoms with Crippen molar-refractivity contribution in [3.05, 3.63) is 12.2 Å². The largest absolute Gasteiger partial charge is 0.397 e. The van der Waals surface area contributed by atoms with Crippen LogP contribution in [-0.2, 0) is 0 Å². The molecule has 2 aliphatic carbocycles. The highest BCUT2D eigenvalue weighted by Crippen LogP contribution is 2.41. The zero-order chi connectivity index (χ0) is 8.32. The molecule has 2 bridgehead atoms. The summed E-state index contributed by atoms with van der Waals surface area (Å²) in [6.07, 6.45) is 7.29. The Morgan fingerprint density at radius 2 is 2.27 bits per heavy atom. The molecule has 0 aromatic rings. The van der Waals surface area contributed by atoms with Crippen LogP contribution in [0, 0.1) is 5.92 Å². The molecule has 1 saturated carbocycles. The number of hydrogen-bond acceptors (Lipinski definition) is 2. The van der Waals surface area contributed by atoms with Crippen LogP contribution in [0.2, 0.25) is 0 Å². The lowest BCUT2D eigenvalue weighted by atomic mass is 10.0. The number of aliphatic hydroxyl groups is 2. The van der Waals surface area contributed by atoms with Gasteiger partial charge in [-0.15, -0.1) is 0 Å². The van der Waals surface area contributed by atoms with Crippen molar-refractivity contribution in [3.8, 4) is 0 Å². The van der Waals surface area contributed by atoms with Gasteiger partial charge < -0.3 is 10.2 Å². The molecule has 0 heterocycles. The van der Waals surface area contributed by atoms with E-state index in [0.717, 1.165) is 12.8 Å². The third kappa shape index (κ3) is 2.04. The topological polar surface area (TPSA) is 40.5 Å². The van der Waals surface area contributed by atoms with E-state index in [9.17, 15) is 5.11 Å². The van der Waals surface area contributed by atoms with Crippen LogP contribution in [0.3, 0.4) is 0 Å². The Morgan fingerprint density at radius 1 is 1.64 bits per heavy atom. The van der Waals surface area contributed by atoms with E-state index < -0.39 is 0 Å². The van der Waals surface area contributed by atoms with Crippen LogP contribution in [0.25, 0.3) is 0 Å². The van der Waals surface area contributed by atoms with E-state index in [4.69, 9.17) is 5.11 Å². The summed E-state index contributed by atoms with van der Waals surface area (Å²) >= 11 is 0. The van der Waals surface area contributed by atoms with Gasteiger partial charge in [0, 0.05) is 6.61 Å². The average Bonchev–Trinajstić information content (AvgIpc) is 2.46. The summed E-state index contributed by atoms with van der Waals surface area (Å²) in [4.78, 5) is 0. The van der Waals surface area contributed by atoms with Gasteiger partial charge in [-0.05, 0) is 32.1 Å². The van der Waals surface area contributed by atoms with Crippen LogP contribution in [-0.4, -0.2) is 22.4 Å². The highest BCUT2D eigenvalue weighted by Gasteiger charge is 2.38. The number of hydrogen-bond donors (Lipinski definition) is 2. The van der Waals surface area contributed by atoms with Crippen molar-refractivity contribution in [1.82, 2.24) is 0 Å². The van der Waals surface area contributed by atoms with Gasteiger partial charge in [-0.25, -0.2) is 0 Å². The molecule has 0 aromatic carbocycles. The lowest BCUT2D eigenvalue weighted by Gasteiger charge is -2.13. The molecule has 1 fully saturated rings. The Morgan fingerprint density at radius 3 is 2.36 bits per heavy atom. The highest BCUT2D eigenvalue weighted by molar-refractivity contribution is 5.16. The molecule has 64 valence electrons. The summed E-state index contributed by atoms with van der Waals surface area (Å²) < 4.78 is 0. The Hall–Kier alpha value is -0.340. The summed E-state index contributed by atoms with van der Waals surface area (Å²) in [6.45, 7) is 1.93. The summed E-state index contributed by atoms with van der Waals surface area (Å²) in [5.74, 6) is 0.708. The quantitative estimate of drug-likeness (QED) is 0.515. The fourth-order valence-electron chi connectivity index (χ4n) is 1.72. The molecule has 2 aliphatic rings. The maximum absolute atomic E-state index is 9.45. The minimum atomic E-state index is -0.370. The molecule has 0 saturated heterocycles. The van der Waals surface area contributed by atoms with Gasteiger partial charge in [-0.2, -0.15) is 0 Å². The molecule has 11 heavy (non-hydrogen) atoms. The number of fused-ring (bicyclic) bond motifs is 2. The Kier molecular flexibility index (Phi) is 2.68. The molecule has 2 N–H and O–H groups in total. The van der Waals surface area contributed by atoms with E-state index in [2.05, 4.69) is 6.08 Å². The zero-order valence-corrected chi connectivity index (χ0v) is 6.95. The van der Waals surface area contributed by atoms with Gasteiger partial charge >= 0.3 is 0 Å². The highest BCUT2D eigenvalue weighted by atomic mass is 16.3. The van der Waals surface area contributed by atoms with E-state index in [0.29, 0.717) is 5.92 Å². The van der Waals surface area contributed by atoms with Crippen LogP contribution in [0.4, 0.5) is 0 Å². The Labute approximate surface area is 67.6 Å². The van der Waals surface area contributed by atoms with Gasteiger partial charge in [0.15, 0.2) is 0 Å². The van der Waals surface area contributed by atoms with Crippen LogP contribution in [0.1, 0.15) is 26.2 Å². The predicted molar refractivity (Wildman–Crippen MR) is 44.2 cm³/mol. The molecule has 2 nitrogen and oxygen atoms in total. The van der Waals surface area contributed by atoms with Crippen molar-refractivity contribution in [3.63, 3.8) is 0 Å². The van der Waals surface area contributed by atoms with Crippen molar-refractivity contribution >= 4 is 0 Å². The molecule has 2 heteroatoms. The molecule has 2 unspecified atom stereocenters. The van der Waals surface area contributed by atoms with E-state index in [-0.39, 0.29) is 12.2 Å². The monoisotopic (exact) mass is 156 g/mol. The van der Waals surface area contributed by atoms with Crippen molar-refractivity contribution in [2.75, 3.05) is 6.61 Å². The number of allylic oxidation sites excluding steroid dienone is 1. The molecule has 0 aromatic heterocycles. The second-order valence-corrected chi connectivity index (χ2v) is 3.28. The Balaban J connectivity index is 0.000000179. The average molecular weight is 156 g/mol. The lowest BCUT2D eigenvalue weighted by Crippen LogP contribution is -2.17. The normalized spacial score (nSPS) is 38.6. The SMILES string of the molecule is CCO.OC12C=CC(CC1)C2. The van der Waals surface area contributed by atoms with Crippen LogP contribution in [0.15, 0.2) is 12.2 Å². The van der Waals surface area contributed by atoms with E-state index in [1.165, 1.54) is 6.42 Å². The Bertz CT molecular complexity index is 154. The van der Waals surface area contributed by atoms with Crippen LogP contribution < -0.4 is 0 Å². The minimum absolute atomic E-state index is 0.250. The fourth-order valence-corrected chi connectivity index (χ4v) is 1.72. The molecular formula is C9H16O2. The lowest BCUT2D eigenvalue weighted by molar-refractivity contribution is 0.103. The second-order valence-electron chi connectivity index (χ2n) is 3.28. The summed E-state index contributed by atoms with van der Waals surface area (Å²) in [5.41, 5.74) is -0.370. The molecule has 2 rings (SSSR count). The van der Waals surface area contributed by atoms with Crippen molar-refractivity contribution in [2.45, 2.75) is 31.8 Å². The third-order valence-corrected chi connectivity index (χ3v) is 2.24.